The van der Waals surface area contributed by atoms with E-state index < -0.39 is 0 Å². The molecule has 1 heterocycles. The minimum atomic E-state index is 0.154. The van der Waals surface area contributed by atoms with E-state index in [4.69, 9.17) is 6.57 Å². The van der Waals surface area contributed by atoms with Crippen molar-refractivity contribution in [3.05, 3.63) is 17.2 Å². The lowest BCUT2D eigenvalue weighted by Crippen LogP contribution is -1.98. The Bertz CT molecular complexity index is 231. The van der Waals surface area contributed by atoms with Crippen LogP contribution in [0.5, 0.6) is 0 Å². The fraction of sp³-hybridized carbons (Fsp3) is 0.500. The summed E-state index contributed by atoms with van der Waals surface area (Å²) in [5.74, 6) is 0.596. The number of aromatic nitrogens is 4. The van der Waals surface area contributed by atoms with Crippen molar-refractivity contribution in [3.8, 4) is 0 Å². The first-order valence-electron chi connectivity index (χ1n) is 2.40. The molecule has 0 aliphatic carbocycles. The fourth-order valence-corrected chi connectivity index (χ4v) is 0.447. The highest BCUT2D eigenvalue weighted by Gasteiger charge is 1.95. The molecule has 0 saturated heterocycles. The van der Waals surface area contributed by atoms with Gasteiger partial charge in [0.2, 0.25) is 0 Å². The lowest BCUT2D eigenvalue weighted by molar-refractivity contribution is 0.579. The molecular weight excluding hydrogens is 118 g/mol. The first-order chi connectivity index (χ1) is 4.33. The molecule has 0 aliphatic heterocycles. The highest BCUT2D eigenvalue weighted by Crippen LogP contribution is 1.80. The predicted molar refractivity (Wildman–Crippen MR) is 29.2 cm³/mol. The quantitative estimate of drug-likeness (QED) is 0.488. The summed E-state index contributed by atoms with van der Waals surface area (Å²) >= 11 is 0. The van der Waals surface area contributed by atoms with Crippen LogP contribution in [0.2, 0.25) is 0 Å². The average molecular weight is 123 g/mol. The first-order valence-corrected chi connectivity index (χ1v) is 2.40. The second-order valence-corrected chi connectivity index (χ2v) is 1.51. The van der Waals surface area contributed by atoms with Gasteiger partial charge in [0.05, 0.1) is 0 Å². The molecule has 0 aliphatic rings. The Morgan fingerprint density at radius 3 is 3.00 bits per heavy atom. The molecule has 0 radical (unpaired) electrons. The summed E-state index contributed by atoms with van der Waals surface area (Å²) in [7, 11) is 0. The van der Waals surface area contributed by atoms with E-state index >= 15 is 0 Å². The summed E-state index contributed by atoms with van der Waals surface area (Å²) in [5.41, 5.74) is 0. The van der Waals surface area contributed by atoms with E-state index in [-0.39, 0.29) is 6.67 Å². The summed E-state index contributed by atoms with van der Waals surface area (Å²) in [5, 5.41) is 10.9. The molecule has 0 atom stereocenters. The molecule has 5 heteroatoms. The number of hydrogen-bond donors (Lipinski definition) is 0. The molecule has 1 aromatic rings. The van der Waals surface area contributed by atoms with E-state index in [1.807, 2.05) is 0 Å². The van der Waals surface area contributed by atoms with Gasteiger partial charge in [0, 0.05) is 0 Å². The van der Waals surface area contributed by atoms with Gasteiger partial charge in [0.15, 0.2) is 5.82 Å². The van der Waals surface area contributed by atoms with E-state index in [0.29, 0.717) is 5.82 Å². The van der Waals surface area contributed by atoms with Gasteiger partial charge in [0.25, 0.3) is 0 Å². The van der Waals surface area contributed by atoms with Crippen molar-refractivity contribution in [1.82, 2.24) is 20.2 Å². The Morgan fingerprint density at radius 2 is 2.56 bits per heavy atom. The van der Waals surface area contributed by atoms with Gasteiger partial charge in [-0.25, -0.2) is 6.57 Å². The van der Waals surface area contributed by atoms with Crippen molar-refractivity contribution in [2.75, 3.05) is 0 Å². The van der Waals surface area contributed by atoms with Crippen molar-refractivity contribution in [2.24, 2.45) is 0 Å². The van der Waals surface area contributed by atoms with Gasteiger partial charge in [-0.3, -0.25) is 4.85 Å². The second-order valence-electron chi connectivity index (χ2n) is 1.51. The minimum Gasteiger partial charge on any atom is -0.289 e. The summed E-state index contributed by atoms with van der Waals surface area (Å²) in [6, 6.07) is 0. The van der Waals surface area contributed by atoms with E-state index in [9.17, 15) is 0 Å². The molecule has 0 aromatic carbocycles. The molecule has 0 fully saturated rings. The maximum Gasteiger partial charge on any atom is 0.325 e. The van der Waals surface area contributed by atoms with Crippen LogP contribution >= 0.6 is 0 Å². The van der Waals surface area contributed by atoms with Crippen LogP contribution in [0.1, 0.15) is 5.82 Å². The normalized spacial score (nSPS) is 8.89. The zero-order valence-corrected chi connectivity index (χ0v) is 4.94. The van der Waals surface area contributed by atoms with E-state index in [2.05, 4.69) is 20.3 Å². The fourth-order valence-electron chi connectivity index (χ4n) is 0.447. The SMILES string of the molecule is [C-]#[N+]Cn1nnc(C)n1. The topological polar surface area (TPSA) is 48.0 Å². The summed E-state index contributed by atoms with van der Waals surface area (Å²) < 4.78 is 0. The number of hydrogen-bond acceptors (Lipinski definition) is 3. The Balaban J connectivity index is 2.76. The van der Waals surface area contributed by atoms with E-state index in [1.54, 1.807) is 6.92 Å². The van der Waals surface area contributed by atoms with Gasteiger partial charge in [-0.05, 0) is 12.1 Å². The molecule has 0 spiro atoms. The Labute approximate surface area is 52.1 Å². The van der Waals surface area contributed by atoms with Gasteiger partial charge in [-0.2, -0.15) is 0 Å². The first kappa shape index (κ1) is 5.69. The molecule has 0 bridgehead atoms. The third-order valence-corrected chi connectivity index (χ3v) is 0.750. The van der Waals surface area contributed by atoms with Crippen molar-refractivity contribution < 1.29 is 0 Å². The van der Waals surface area contributed by atoms with Gasteiger partial charge in [-0.1, -0.05) is 4.80 Å². The highest BCUT2D eigenvalue weighted by molar-refractivity contribution is 4.67. The largest absolute Gasteiger partial charge is 0.325 e. The Kier molecular flexibility index (Phi) is 1.40. The molecule has 0 unspecified atom stereocenters. The minimum absolute atomic E-state index is 0.154. The lowest BCUT2D eigenvalue weighted by Gasteiger charge is -1.79. The standard InChI is InChI=1S/C4H5N5/c1-4-6-8-9(7-4)3-5-2/h3H2,1H3. The van der Waals surface area contributed by atoms with Crippen LogP contribution in [0.15, 0.2) is 0 Å². The molecule has 0 amide bonds. The molecule has 46 valence electrons. The maximum absolute atomic E-state index is 6.45. The van der Waals surface area contributed by atoms with Crippen molar-refractivity contribution >= 4 is 0 Å². The lowest BCUT2D eigenvalue weighted by atomic mass is 10.8. The third-order valence-electron chi connectivity index (χ3n) is 0.750. The molecule has 0 N–H and O–H groups in total. The number of nitrogens with zero attached hydrogens (tertiary/aromatic N) is 5. The summed E-state index contributed by atoms with van der Waals surface area (Å²) in [6.07, 6.45) is 0. The smallest absolute Gasteiger partial charge is 0.289 e. The van der Waals surface area contributed by atoms with Gasteiger partial charge in [0.1, 0.15) is 0 Å². The highest BCUT2D eigenvalue weighted by atomic mass is 15.6. The van der Waals surface area contributed by atoms with Gasteiger partial charge < -0.3 is 0 Å². The molecular formula is C4H5N5. The maximum atomic E-state index is 6.45. The van der Waals surface area contributed by atoms with Crippen LogP contribution in [-0.2, 0) is 6.67 Å². The molecule has 5 nitrogen and oxygen atoms in total. The number of tetrazole rings is 1. The van der Waals surface area contributed by atoms with Crippen LogP contribution in [0.25, 0.3) is 4.85 Å². The third kappa shape index (κ3) is 1.22. The summed E-state index contributed by atoms with van der Waals surface area (Å²) in [6.45, 7) is 8.33. The second kappa shape index (κ2) is 2.22. The number of aryl methyl sites for hydroxylation is 1. The molecule has 9 heavy (non-hydrogen) atoms. The molecule has 0 saturated carbocycles. The van der Waals surface area contributed by atoms with E-state index in [1.165, 1.54) is 4.80 Å². The average Bonchev–Trinajstić information content (AvgIpc) is 2.17. The monoisotopic (exact) mass is 123 g/mol. The van der Waals surface area contributed by atoms with Crippen LogP contribution in [0, 0.1) is 13.5 Å². The van der Waals surface area contributed by atoms with Crippen LogP contribution in [0.3, 0.4) is 0 Å². The summed E-state index contributed by atoms with van der Waals surface area (Å²) in [4.78, 5) is 4.32. The molecule has 1 aromatic heterocycles. The van der Waals surface area contributed by atoms with Crippen molar-refractivity contribution in [1.29, 1.82) is 0 Å². The van der Waals surface area contributed by atoms with Crippen LogP contribution < -0.4 is 0 Å². The Morgan fingerprint density at radius 1 is 1.78 bits per heavy atom. The Hall–Kier alpha value is -1.44. The van der Waals surface area contributed by atoms with Crippen molar-refractivity contribution in [3.63, 3.8) is 0 Å². The van der Waals surface area contributed by atoms with Crippen LogP contribution in [0.4, 0.5) is 0 Å². The zero-order valence-electron chi connectivity index (χ0n) is 4.94. The van der Waals surface area contributed by atoms with Crippen molar-refractivity contribution in [2.45, 2.75) is 13.6 Å². The zero-order chi connectivity index (χ0) is 6.69. The van der Waals surface area contributed by atoms with Crippen LogP contribution in [-0.4, -0.2) is 20.2 Å². The number of rotatable bonds is 1. The van der Waals surface area contributed by atoms with E-state index in [0.717, 1.165) is 0 Å². The van der Waals surface area contributed by atoms with Gasteiger partial charge in [-0.15, -0.1) is 10.2 Å². The molecule has 1 rings (SSSR count). The predicted octanol–water partition coefficient (Wildman–Crippen LogP) is -0.142. The van der Waals surface area contributed by atoms with Gasteiger partial charge >= 0.3 is 6.67 Å².